The maximum Gasteiger partial charge on any atom is 0.160 e. The molecule has 3 nitrogen and oxygen atoms in total. The van der Waals surface area contributed by atoms with Crippen LogP contribution in [0.3, 0.4) is 0 Å². The quantitative estimate of drug-likeness (QED) is 0.770. The Morgan fingerprint density at radius 1 is 1.28 bits per heavy atom. The maximum absolute atomic E-state index is 5.91. The number of methoxy groups -OCH3 is 1. The predicted molar refractivity (Wildman–Crippen MR) is 70.6 cm³/mol. The zero-order chi connectivity index (χ0) is 12.8. The highest BCUT2D eigenvalue weighted by Gasteiger charge is 2.29. The molecule has 3 atom stereocenters. The van der Waals surface area contributed by atoms with Gasteiger partial charge in [-0.2, -0.15) is 0 Å². The highest BCUT2D eigenvalue weighted by atomic mass is 35.5. The van der Waals surface area contributed by atoms with Crippen molar-refractivity contribution in [2.45, 2.75) is 37.9 Å². The average Bonchev–Trinajstić information content (AvgIpc) is 2.45. The van der Waals surface area contributed by atoms with Crippen LogP contribution in [0, 0.1) is 0 Å². The molecule has 0 amide bonds. The first-order valence-electron chi connectivity index (χ1n) is 6.21. The fourth-order valence-electron chi connectivity index (χ4n) is 2.11. The van der Waals surface area contributed by atoms with Crippen molar-refractivity contribution in [3.05, 3.63) is 35.9 Å². The monoisotopic (exact) mass is 270 g/mol. The summed E-state index contributed by atoms with van der Waals surface area (Å²) in [6, 6.07) is 10.2. The molecule has 0 saturated carbocycles. The second-order valence-electron chi connectivity index (χ2n) is 4.47. The van der Waals surface area contributed by atoms with Gasteiger partial charge >= 0.3 is 0 Å². The lowest BCUT2D eigenvalue weighted by molar-refractivity contribution is -0.207. The summed E-state index contributed by atoms with van der Waals surface area (Å²) in [5, 5.41) is 0. The first-order valence-corrected chi connectivity index (χ1v) is 6.75. The molecule has 100 valence electrons. The van der Waals surface area contributed by atoms with E-state index in [0.717, 1.165) is 12.8 Å². The first kappa shape index (κ1) is 13.8. The minimum Gasteiger partial charge on any atom is -0.373 e. The minimum absolute atomic E-state index is 0.0196. The molecule has 1 aromatic carbocycles. The number of ether oxygens (including phenoxy) is 3. The third kappa shape index (κ3) is 3.95. The van der Waals surface area contributed by atoms with E-state index in [1.54, 1.807) is 7.11 Å². The summed E-state index contributed by atoms with van der Waals surface area (Å²) in [7, 11) is 1.65. The molecule has 0 radical (unpaired) electrons. The lowest BCUT2D eigenvalue weighted by atomic mass is 10.1. The van der Waals surface area contributed by atoms with Crippen LogP contribution in [-0.2, 0) is 20.8 Å². The van der Waals surface area contributed by atoms with Gasteiger partial charge < -0.3 is 14.2 Å². The highest BCUT2D eigenvalue weighted by Crippen LogP contribution is 2.24. The fraction of sp³-hybridized carbons (Fsp3) is 0.571. The molecule has 1 aliphatic rings. The second kappa shape index (κ2) is 7.10. The van der Waals surface area contributed by atoms with E-state index in [1.807, 2.05) is 18.2 Å². The number of hydrogen-bond donors (Lipinski definition) is 0. The smallest absolute Gasteiger partial charge is 0.160 e. The molecule has 0 bridgehead atoms. The number of benzene rings is 1. The van der Waals surface area contributed by atoms with Gasteiger partial charge in [-0.1, -0.05) is 30.3 Å². The topological polar surface area (TPSA) is 27.7 Å². The molecule has 1 aliphatic heterocycles. The first-order chi connectivity index (χ1) is 8.81. The van der Waals surface area contributed by atoms with E-state index in [9.17, 15) is 0 Å². The summed E-state index contributed by atoms with van der Waals surface area (Å²) < 4.78 is 16.8. The largest absolute Gasteiger partial charge is 0.373 e. The Labute approximate surface area is 113 Å². The van der Waals surface area contributed by atoms with Gasteiger partial charge in [0.25, 0.3) is 0 Å². The summed E-state index contributed by atoms with van der Waals surface area (Å²) in [4.78, 5) is 0. The van der Waals surface area contributed by atoms with Gasteiger partial charge in [-0.05, 0) is 5.56 Å². The van der Waals surface area contributed by atoms with Gasteiger partial charge in [0.05, 0.1) is 18.8 Å². The van der Waals surface area contributed by atoms with Crippen molar-refractivity contribution in [3.8, 4) is 0 Å². The third-order valence-corrected chi connectivity index (χ3v) is 3.43. The number of hydrogen-bond acceptors (Lipinski definition) is 3. The standard InChI is InChI=1S/C14H19ClO3/c1-16-14-8-12(7-13(9-15)18-14)17-10-11-5-3-2-4-6-11/h2-6,12-14H,7-10H2,1H3/t12-,13+,14?/m1/s1. The molecule has 1 fully saturated rings. The molecule has 2 rings (SSSR count). The van der Waals surface area contributed by atoms with Crippen LogP contribution in [-0.4, -0.2) is 31.5 Å². The van der Waals surface area contributed by atoms with Gasteiger partial charge in [0.1, 0.15) is 0 Å². The molecule has 1 heterocycles. The van der Waals surface area contributed by atoms with Gasteiger partial charge in [0.2, 0.25) is 0 Å². The van der Waals surface area contributed by atoms with Crippen molar-refractivity contribution in [2.24, 2.45) is 0 Å². The summed E-state index contributed by atoms with van der Waals surface area (Å²) in [6.45, 7) is 0.622. The zero-order valence-corrected chi connectivity index (χ0v) is 11.3. The predicted octanol–water partition coefficient (Wildman–Crippen LogP) is 2.96. The Balaban J connectivity index is 1.84. The van der Waals surface area contributed by atoms with Crippen LogP contribution in [0.4, 0.5) is 0 Å². The average molecular weight is 271 g/mol. The van der Waals surface area contributed by atoms with E-state index in [4.69, 9.17) is 25.8 Å². The van der Waals surface area contributed by atoms with Gasteiger partial charge in [0.15, 0.2) is 6.29 Å². The Morgan fingerprint density at radius 3 is 2.72 bits per heavy atom. The van der Waals surface area contributed by atoms with Crippen LogP contribution in [0.2, 0.25) is 0 Å². The van der Waals surface area contributed by atoms with E-state index < -0.39 is 0 Å². The fourth-order valence-corrected chi connectivity index (χ4v) is 2.30. The van der Waals surface area contributed by atoms with Crippen molar-refractivity contribution >= 4 is 11.6 Å². The highest BCUT2D eigenvalue weighted by molar-refractivity contribution is 6.18. The molecule has 18 heavy (non-hydrogen) atoms. The molecule has 0 aliphatic carbocycles. The van der Waals surface area contributed by atoms with E-state index in [-0.39, 0.29) is 18.5 Å². The van der Waals surface area contributed by atoms with Gasteiger partial charge in [-0.25, -0.2) is 0 Å². The number of halogens is 1. The van der Waals surface area contributed by atoms with E-state index in [0.29, 0.717) is 12.5 Å². The molecular weight excluding hydrogens is 252 g/mol. The van der Waals surface area contributed by atoms with Crippen LogP contribution in [0.5, 0.6) is 0 Å². The summed E-state index contributed by atoms with van der Waals surface area (Å²) >= 11 is 5.85. The van der Waals surface area contributed by atoms with Crippen molar-refractivity contribution in [3.63, 3.8) is 0 Å². The zero-order valence-electron chi connectivity index (χ0n) is 10.5. The van der Waals surface area contributed by atoms with E-state index in [1.165, 1.54) is 5.56 Å². The van der Waals surface area contributed by atoms with E-state index in [2.05, 4.69) is 12.1 Å². The molecule has 4 heteroatoms. The van der Waals surface area contributed by atoms with Gasteiger partial charge in [-0.3, -0.25) is 0 Å². The van der Waals surface area contributed by atoms with Gasteiger partial charge in [-0.15, -0.1) is 11.6 Å². The second-order valence-corrected chi connectivity index (χ2v) is 4.78. The lowest BCUT2D eigenvalue weighted by Gasteiger charge is -2.33. The van der Waals surface area contributed by atoms with E-state index >= 15 is 0 Å². The SMILES string of the molecule is COC1C[C@H](OCc2ccccc2)C[C@@H](CCl)O1. The third-order valence-electron chi connectivity index (χ3n) is 3.09. The molecule has 0 aromatic heterocycles. The van der Waals surface area contributed by atoms with Gasteiger partial charge in [0, 0.05) is 25.8 Å². The van der Waals surface area contributed by atoms with Crippen LogP contribution >= 0.6 is 11.6 Å². The summed E-state index contributed by atoms with van der Waals surface area (Å²) in [5.74, 6) is 0.477. The van der Waals surface area contributed by atoms with Crippen LogP contribution in [0.15, 0.2) is 30.3 Å². The molecular formula is C14H19ClO3. The Morgan fingerprint density at radius 2 is 2.06 bits per heavy atom. The maximum atomic E-state index is 5.91. The minimum atomic E-state index is -0.205. The Kier molecular flexibility index (Phi) is 5.45. The molecule has 0 N–H and O–H groups in total. The Hall–Kier alpha value is -0.610. The lowest BCUT2D eigenvalue weighted by Crippen LogP contribution is -2.38. The van der Waals surface area contributed by atoms with Crippen molar-refractivity contribution in [1.82, 2.24) is 0 Å². The van der Waals surface area contributed by atoms with Crippen molar-refractivity contribution in [2.75, 3.05) is 13.0 Å². The Bertz CT molecular complexity index is 332. The molecule has 1 saturated heterocycles. The number of alkyl halides is 1. The summed E-state index contributed by atoms with van der Waals surface area (Å²) in [6.07, 6.45) is 1.55. The molecule has 1 aromatic rings. The van der Waals surface area contributed by atoms with Crippen LogP contribution in [0.1, 0.15) is 18.4 Å². The van der Waals surface area contributed by atoms with Crippen molar-refractivity contribution in [1.29, 1.82) is 0 Å². The number of rotatable bonds is 5. The van der Waals surface area contributed by atoms with Crippen LogP contribution < -0.4 is 0 Å². The molecule has 0 spiro atoms. The molecule has 1 unspecified atom stereocenters. The van der Waals surface area contributed by atoms with Crippen LogP contribution in [0.25, 0.3) is 0 Å². The summed E-state index contributed by atoms with van der Waals surface area (Å²) in [5.41, 5.74) is 1.18. The van der Waals surface area contributed by atoms with Crippen molar-refractivity contribution < 1.29 is 14.2 Å². The normalized spacial score (nSPS) is 28.2.